The number of pyridine rings is 1. The summed E-state index contributed by atoms with van der Waals surface area (Å²) in [6.45, 7) is 0.326. The smallest absolute Gasteiger partial charge is 0.254 e. The molecule has 5 aromatic rings. The molecule has 0 radical (unpaired) electrons. The Morgan fingerprint density at radius 2 is 1.64 bits per heavy atom. The molecule has 11 nitrogen and oxygen atoms in total. The largest absolute Gasteiger partial charge is 0.495 e. The van der Waals surface area contributed by atoms with Gasteiger partial charge in [-0.15, -0.1) is 5.10 Å². The number of benzene rings is 3. The molecule has 2 amide bonds. The zero-order valence-electron chi connectivity index (χ0n) is 24.2. The van der Waals surface area contributed by atoms with Crippen molar-refractivity contribution < 1.29 is 27.1 Å². The minimum Gasteiger partial charge on any atom is -0.495 e. The molecular formula is C32H29FN6O5S. The lowest BCUT2D eigenvalue weighted by Crippen LogP contribution is -2.43. The van der Waals surface area contributed by atoms with E-state index in [9.17, 15) is 22.4 Å². The Bertz CT molecular complexity index is 1980. The molecular weight excluding hydrogens is 599 g/mol. The number of hydrogen-bond donors (Lipinski definition) is 2. The molecule has 3 heterocycles. The van der Waals surface area contributed by atoms with Gasteiger partial charge in [0.2, 0.25) is 11.9 Å². The summed E-state index contributed by atoms with van der Waals surface area (Å²) in [5.41, 5.74) is 4.72. The van der Waals surface area contributed by atoms with Gasteiger partial charge in [-0.3, -0.25) is 9.59 Å². The van der Waals surface area contributed by atoms with Gasteiger partial charge in [0.25, 0.3) is 5.91 Å². The van der Waals surface area contributed by atoms with Gasteiger partial charge in [-0.2, -0.15) is 4.98 Å². The van der Waals surface area contributed by atoms with Crippen LogP contribution in [0, 0.1) is 5.82 Å². The molecule has 1 saturated heterocycles. The summed E-state index contributed by atoms with van der Waals surface area (Å²) >= 11 is 0. The minimum absolute atomic E-state index is 0.0413. The van der Waals surface area contributed by atoms with E-state index in [1.165, 1.54) is 24.1 Å². The normalized spacial score (nSPS) is 14.2. The second kappa shape index (κ2) is 12.4. The summed E-state index contributed by atoms with van der Waals surface area (Å²) in [5.74, 6) is -0.145. The van der Waals surface area contributed by atoms with Crippen molar-refractivity contribution in [1.29, 1.82) is 0 Å². The van der Waals surface area contributed by atoms with Gasteiger partial charge in [-0.05, 0) is 65.7 Å². The molecule has 0 aliphatic carbocycles. The summed E-state index contributed by atoms with van der Waals surface area (Å²) in [7, 11) is -1.60. The maximum atomic E-state index is 13.1. The molecule has 0 unspecified atom stereocenters. The van der Waals surface area contributed by atoms with E-state index in [2.05, 4.69) is 20.7 Å². The quantitative estimate of drug-likeness (QED) is 0.259. The second-order valence-corrected chi connectivity index (χ2v) is 12.9. The van der Waals surface area contributed by atoms with Crippen LogP contribution < -0.4 is 15.4 Å². The molecule has 0 atom stereocenters. The third-order valence-corrected chi connectivity index (χ3v) is 9.05. The summed E-state index contributed by atoms with van der Waals surface area (Å²) in [6, 6.07) is 21.9. The number of methoxy groups -OCH3 is 1. The first-order valence-electron chi connectivity index (χ1n) is 14.1. The van der Waals surface area contributed by atoms with E-state index in [1.807, 2.05) is 42.6 Å². The van der Waals surface area contributed by atoms with Crippen LogP contribution >= 0.6 is 0 Å². The fourth-order valence-corrected chi connectivity index (χ4v) is 6.19. The first kappa shape index (κ1) is 29.8. The van der Waals surface area contributed by atoms with Crippen molar-refractivity contribution in [2.45, 2.75) is 6.42 Å². The molecule has 0 saturated carbocycles. The van der Waals surface area contributed by atoms with Crippen LogP contribution in [0.3, 0.4) is 0 Å². The first-order valence-corrected chi connectivity index (χ1v) is 15.9. The van der Waals surface area contributed by atoms with E-state index in [-0.39, 0.29) is 48.6 Å². The zero-order valence-corrected chi connectivity index (χ0v) is 25.1. The van der Waals surface area contributed by atoms with Crippen molar-refractivity contribution in [1.82, 2.24) is 19.5 Å². The standard InChI is InChI=1S/C32H29FN6O5S/c1-44-28-19-23(31(41)38-14-16-45(42,43)17-15-38)6-12-27(28)35-32-36-29-13-7-24(20-39(29)37-32)22-4-10-26(11-5-22)34-30(40)18-21-2-8-25(33)9-3-21/h2-13,19-20H,14-18H2,1H3,(H,34,40)(H,35,37). The molecule has 3 aromatic carbocycles. The first-order chi connectivity index (χ1) is 21.7. The number of amides is 2. The van der Waals surface area contributed by atoms with Crippen LogP contribution in [0.25, 0.3) is 16.8 Å². The number of anilines is 3. The van der Waals surface area contributed by atoms with Crippen LogP contribution in [0.15, 0.2) is 85.1 Å². The summed E-state index contributed by atoms with van der Waals surface area (Å²) in [5, 5.41) is 10.5. The lowest BCUT2D eigenvalue weighted by Gasteiger charge is -2.27. The van der Waals surface area contributed by atoms with Crippen LogP contribution in [0.1, 0.15) is 15.9 Å². The van der Waals surface area contributed by atoms with Crippen molar-refractivity contribution in [3.05, 3.63) is 102 Å². The van der Waals surface area contributed by atoms with Gasteiger partial charge in [0, 0.05) is 36.1 Å². The average molecular weight is 629 g/mol. The van der Waals surface area contributed by atoms with Crippen LogP contribution in [-0.2, 0) is 21.1 Å². The predicted molar refractivity (Wildman–Crippen MR) is 168 cm³/mol. The molecule has 2 aromatic heterocycles. The van der Waals surface area contributed by atoms with Gasteiger partial charge in [0.1, 0.15) is 11.6 Å². The Kier molecular flexibility index (Phi) is 8.18. The number of halogens is 1. The van der Waals surface area contributed by atoms with E-state index in [0.29, 0.717) is 34.3 Å². The predicted octanol–water partition coefficient (Wildman–Crippen LogP) is 4.34. The minimum atomic E-state index is -3.10. The van der Waals surface area contributed by atoms with E-state index < -0.39 is 9.84 Å². The molecule has 1 aliphatic rings. The van der Waals surface area contributed by atoms with Gasteiger partial charge >= 0.3 is 0 Å². The molecule has 0 spiro atoms. The molecule has 1 aliphatic heterocycles. The monoisotopic (exact) mass is 628 g/mol. The lowest BCUT2D eigenvalue weighted by molar-refractivity contribution is -0.115. The second-order valence-electron chi connectivity index (χ2n) is 10.6. The number of sulfone groups is 1. The van der Waals surface area contributed by atoms with E-state index in [1.54, 1.807) is 34.8 Å². The van der Waals surface area contributed by atoms with E-state index in [4.69, 9.17) is 4.74 Å². The highest BCUT2D eigenvalue weighted by molar-refractivity contribution is 7.91. The Hall–Kier alpha value is -5.30. The highest BCUT2D eigenvalue weighted by atomic mass is 32.2. The van der Waals surface area contributed by atoms with Crippen molar-refractivity contribution in [3.63, 3.8) is 0 Å². The maximum absolute atomic E-state index is 13.1. The van der Waals surface area contributed by atoms with Crippen LogP contribution in [0.5, 0.6) is 5.75 Å². The number of aromatic nitrogens is 3. The zero-order chi connectivity index (χ0) is 31.6. The Labute approximate surface area is 258 Å². The third kappa shape index (κ3) is 6.93. The third-order valence-electron chi connectivity index (χ3n) is 7.44. The molecule has 230 valence electrons. The fraction of sp³-hybridized carbons (Fsp3) is 0.188. The summed E-state index contributed by atoms with van der Waals surface area (Å²) < 4.78 is 43.7. The number of fused-ring (bicyclic) bond motifs is 1. The highest BCUT2D eigenvalue weighted by Crippen LogP contribution is 2.29. The Morgan fingerprint density at radius 1 is 0.933 bits per heavy atom. The van der Waals surface area contributed by atoms with Crippen molar-refractivity contribution >= 4 is 44.6 Å². The molecule has 0 bridgehead atoms. The number of ether oxygens (including phenoxy) is 1. The Morgan fingerprint density at radius 3 is 2.36 bits per heavy atom. The summed E-state index contributed by atoms with van der Waals surface area (Å²) in [4.78, 5) is 31.4. The molecule has 6 rings (SSSR count). The van der Waals surface area contributed by atoms with Gasteiger partial charge in [-0.25, -0.2) is 17.3 Å². The summed E-state index contributed by atoms with van der Waals surface area (Å²) in [6.07, 6.45) is 1.98. The number of carbonyl (C=O) groups is 2. The van der Waals surface area contributed by atoms with Crippen LogP contribution in [0.4, 0.5) is 21.7 Å². The van der Waals surface area contributed by atoms with Crippen LogP contribution in [-0.4, -0.2) is 71.4 Å². The lowest BCUT2D eigenvalue weighted by atomic mass is 10.1. The van der Waals surface area contributed by atoms with Crippen LogP contribution in [0.2, 0.25) is 0 Å². The molecule has 1 fully saturated rings. The topological polar surface area (TPSA) is 135 Å². The number of rotatable bonds is 8. The number of nitrogens with one attached hydrogen (secondary N) is 2. The van der Waals surface area contributed by atoms with E-state index in [0.717, 1.165) is 16.7 Å². The fourth-order valence-electron chi connectivity index (χ4n) is 4.99. The van der Waals surface area contributed by atoms with Gasteiger partial charge in [0.15, 0.2) is 15.5 Å². The van der Waals surface area contributed by atoms with E-state index >= 15 is 0 Å². The SMILES string of the molecule is COc1cc(C(=O)N2CCS(=O)(=O)CC2)ccc1Nc1nc2ccc(-c3ccc(NC(=O)Cc4ccc(F)cc4)cc3)cn2n1. The van der Waals surface area contributed by atoms with Gasteiger partial charge in [0.05, 0.1) is 30.7 Å². The number of nitrogens with zero attached hydrogens (tertiary/aromatic N) is 4. The Balaban J connectivity index is 1.12. The van der Waals surface area contributed by atoms with Crippen molar-refractivity contribution in [2.75, 3.05) is 42.3 Å². The molecule has 2 N–H and O–H groups in total. The number of hydrogen-bond acceptors (Lipinski definition) is 8. The molecule has 45 heavy (non-hydrogen) atoms. The van der Waals surface area contributed by atoms with Gasteiger partial charge < -0.3 is 20.3 Å². The van der Waals surface area contributed by atoms with Crippen molar-refractivity contribution in [3.8, 4) is 16.9 Å². The number of carbonyl (C=O) groups excluding carboxylic acids is 2. The van der Waals surface area contributed by atoms with Gasteiger partial charge in [-0.1, -0.05) is 24.3 Å². The van der Waals surface area contributed by atoms with Crippen molar-refractivity contribution in [2.24, 2.45) is 0 Å². The maximum Gasteiger partial charge on any atom is 0.254 e. The molecule has 13 heteroatoms. The highest BCUT2D eigenvalue weighted by Gasteiger charge is 2.26. The average Bonchev–Trinajstić information content (AvgIpc) is 3.44.